The normalized spacial score (nSPS) is 21.6. The lowest BCUT2D eigenvalue weighted by atomic mass is 9.89. The Labute approximate surface area is 161 Å². The van der Waals surface area contributed by atoms with Gasteiger partial charge in [-0.3, -0.25) is 9.59 Å². The molecule has 5 rings (SSSR count). The van der Waals surface area contributed by atoms with Crippen LogP contribution in [0.3, 0.4) is 0 Å². The van der Waals surface area contributed by atoms with Gasteiger partial charge in [-0.2, -0.15) is 15.4 Å². The maximum Gasteiger partial charge on any atom is 0.287 e. The topological polar surface area (TPSA) is 104 Å². The molecule has 2 unspecified atom stereocenters. The Morgan fingerprint density at radius 1 is 1.21 bits per heavy atom. The van der Waals surface area contributed by atoms with Crippen LogP contribution in [0.15, 0.2) is 34.7 Å². The van der Waals surface area contributed by atoms with Crippen molar-refractivity contribution < 1.29 is 14.0 Å². The molecule has 3 heterocycles. The van der Waals surface area contributed by atoms with Gasteiger partial charge < -0.3 is 14.6 Å². The van der Waals surface area contributed by atoms with Gasteiger partial charge in [-0.05, 0) is 37.8 Å². The summed E-state index contributed by atoms with van der Waals surface area (Å²) in [4.78, 5) is 27.4. The molecule has 28 heavy (non-hydrogen) atoms. The number of nitrogens with zero attached hydrogens (tertiary/aromatic N) is 3. The third kappa shape index (κ3) is 2.94. The van der Waals surface area contributed by atoms with Gasteiger partial charge in [0.1, 0.15) is 5.58 Å². The summed E-state index contributed by atoms with van der Waals surface area (Å²) in [6.07, 6.45) is 3.34. The van der Waals surface area contributed by atoms with Crippen LogP contribution in [0.4, 0.5) is 0 Å². The zero-order valence-corrected chi connectivity index (χ0v) is 15.4. The van der Waals surface area contributed by atoms with Crippen molar-refractivity contribution in [2.24, 2.45) is 0 Å². The number of aromatic nitrogens is 3. The summed E-state index contributed by atoms with van der Waals surface area (Å²) in [6, 6.07) is 9.20. The fourth-order valence-corrected chi connectivity index (χ4v) is 4.22. The highest BCUT2D eigenvalue weighted by Crippen LogP contribution is 2.31. The van der Waals surface area contributed by atoms with Gasteiger partial charge in [-0.15, -0.1) is 0 Å². The highest BCUT2D eigenvalue weighted by molar-refractivity contribution is 5.96. The van der Waals surface area contributed by atoms with Gasteiger partial charge in [-0.1, -0.05) is 18.2 Å². The molecular formula is C20H21N5O3. The first-order valence-electron chi connectivity index (χ1n) is 9.67. The zero-order chi connectivity index (χ0) is 19.1. The van der Waals surface area contributed by atoms with E-state index in [-0.39, 0.29) is 23.8 Å². The van der Waals surface area contributed by atoms with Crippen molar-refractivity contribution >= 4 is 22.8 Å². The number of hydrogen-bond donors (Lipinski definition) is 2. The van der Waals surface area contributed by atoms with Gasteiger partial charge >= 0.3 is 0 Å². The van der Waals surface area contributed by atoms with Gasteiger partial charge in [0.2, 0.25) is 5.91 Å². The molecule has 2 N–H and O–H groups in total. The molecule has 1 fully saturated rings. The fraction of sp³-hybridized carbons (Fsp3) is 0.400. The molecule has 8 nitrogen and oxygen atoms in total. The Kier molecular flexibility index (Phi) is 4.11. The van der Waals surface area contributed by atoms with Crippen LogP contribution in [0.5, 0.6) is 0 Å². The minimum Gasteiger partial charge on any atom is -0.451 e. The Balaban J connectivity index is 1.24. The minimum atomic E-state index is -0.244. The molecule has 3 aromatic rings. The average Bonchev–Trinajstić information content (AvgIpc) is 3.45. The number of benzene rings is 1. The van der Waals surface area contributed by atoms with Crippen LogP contribution in [0.2, 0.25) is 0 Å². The third-order valence-electron chi connectivity index (χ3n) is 5.67. The molecular weight excluding hydrogens is 358 g/mol. The van der Waals surface area contributed by atoms with Crippen molar-refractivity contribution in [1.82, 2.24) is 25.6 Å². The highest BCUT2D eigenvalue weighted by Gasteiger charge is 2.36. The van der Waals surface area contributed by atoms with Crippen LogP contribution in [-0.2, 0) is 11.2 Å². The maximum absolute atomic E-state index is 13.0. The molecule has 2 aliphatic rings. The van der Waals surface area contributed by atoms with E-state index in [1.165, 1.54) is 0 Å². The standard InChI is InChI=1S/C20H21N5O3/c26-19(17-10-12-4-1-2-7-16(12)28-17)21-13-8-9-25(11-13)20(27)14-5-3-6-15-18(14)23-24-22-15/h1-2,4,7,10,13-14H,3,5-6,8-9,11H2,(H,21,26)(H,22,23,24). The summed E-state index contributed by atoms with van der Waals surface area (Å²) in [5, 5.41) is 14.9. The number of carbonyl (C=O) groups is 2. The van der Waals surface area contributed by atoms with Crippen LogP contribution < -0.4 is 5.32 Å². The quantitative estimate of drug-likeness (QED) is 0.724. The minimum absolute atomic E-state index is 0.0787. The third-order valence-corrected chi connectivity index (χ3v) is 5.67. The van der Waals surface area contributed by atoms with Crippen LogP contribution in [0.1, 0.15) is 47.1 Å². The molecule has 0 spiro atoms. The number of rotatable bonds is 3. The second-order valence-corrected chi connectivity index (χ2v) is 7.49. The number of carbonyl (C=O) groups excluding carboxylic acids is 2. The maximum atomic E-state index is 13.0. The number of H-pyrrole nitrogens is 1. The van der Waals surface area contributed by atoms with Crippen LogP contribution >= 0.6 is 0 Å². The fourth-order valence-electron chi connectivity index (χ4n) is 4.22. The van der Waals surface area contributed by atoms with E-state index in [1.54, 1.807) is 6.07 Å². The number of para-hydroxylation sites is 1. The molecule has 1 aromatic carbocycles. The van der Waals surface area contributed by atoms with Crippen LogP contribution in [-0.4, -0.2) is 51.3 Å². The second kappa shape index (κ2) is 6.78. The van der Waals surface area contributed by atoms with Crippen molar-refractivity contribution in [3.05, 3.63) is 47.5 Å². The number of nitrogens with one attached hydrogen (secondary N) is 2. The number of aromatic amines is 1. The molecule has 0 bridgehead atoms. The van der Waals surface area contributed by atoms with E-state index in [4.69, 9.17) is 4.42 Å². The second-order valence-electron chi connectivity index (χ2n) is 7.49. The summed E-state index contributed by atoms with van der Waals surface area (Å²) in [7, 11) is 0. The molecule has 1 saturated heterocycles. The lowest BCUT2D eigenvalue weighted by Crippen LogP contribution is -2.40. The van der Waals surface area contributed by atoms with Crippen molar-refractivity contribution in [3.63, 3.8) is 0 Å². The molecule has 2 aromatic heterocycles. The zero-order valence-electron chi connectivity index (χ0n) is 15.4. The lowest BCUT2D eigenvalue weighted by Gasteiger charge is -2.25. The van der Waals surface area contributed by atoms with E-state index in [0.29, 0.717) is 24.4 Å². The van der Waals surface area contributed by atoms with E-state index in [9.17, 15) is 9.59 Å². The molecule has 144 valence electrons. The first kappa shape index (κ1) is 17.0. The number of hydrogen-bond acceptors (Lipinski definition) is 5. The summed E-state index contributed by atoms with van der Waals surface area (Å²) < 4.78 is 5.63. The predicted octanol–water partition coefficient (Wildman–Crippen LogP) is 2.00. The number of aryl methyl sites for hydroxylation is 1. The van der Waals surface area contributed by atoms with Crippen molar-refractivity contribution in [2.45, 2.75) is 37.6 Å². The lowest BCUT2D eigenvalue weighted by molar-refractivity contribution is -0.132. The number of furan rings is 1. The summed E-state index contributed by atoms with van der Waals surface area (Å²) >= 11 is 0. The van der Waals surface area contributed by atoms with Crippen molar-refractivity contribution in [2.75, 3.05) is 13.1 Å². The van der Waals surface area contributed by atoms with Crippen molar-refractivity contribution in [3.8, 4) is 0 Å². The summed E-state index contributed by atoms with van der Waals surface area (Å²) in [5.41, 5.74) is 2.38. The van der Waals surface area contributed by atoms with Gasteiger partial charge in [0.15, 0.2) is 5.76 Å². The SMILES string of the molecule is O=C(NC1CCN(C(=O)C2CCCc3n[nH]nc32)C1)c1cc2ccccc2o1. The first-order chi connectivity index (χ1) is 13.7. The van der Waals surface area contributed by atoms with E-state index in [1.807, 2.05) is 29.2 Å². The number of amides is 2. The smallest absolute Gasteiger partial charge is 0.287 e. The van der Waals surface area contributed by atoms with Crippen LogP contribution in [0, 0.1) is 0 Å². The van der Waals surface area contributed by atoms with Crippen LogP contribution in [0.25, 0.3) is 11.0 Å². The Morgan fingerprint density at radius 2 is 2.11 bits per heavy atom. The molecule has 1 aliphatic carbocycles. The largest absolute Gasteiger partial charge is 0.451 e. The first-order valence-corrected chi connectivity index (χ1v) is 9.67. The molecule has 2 amide bonds. The number of fused-ring (bicyclic) bond motifs is 2. The van der Waals surface area contributed by atoms with Gasteiger partial charge in [0.05, 0.1) is 17.3 Å². The molecule has 2 atom stereocenters. The molecule has 0 radical (unpaired) electrons. The van der Waals surface area contributed by atoms with Gasteiger partial charge in [0.25, 0.3) is 5.91 Å². The number of likely N-dealkylation sites (tertiary alicyclic amines) is 1. The molecule has 8 heteroatoms. The molecule has 0 saturated carbocycles. The molecule has 1 aliphatic heterocycles. The van der Waals surface area contributed by atoms with Gasteiger partial charge in [-0.25, -0.2) is 0 Å². The highest BCUT2D eigenvalue weighted by atomic mass is 16.3. The summed E-state index contributed by atoms with van der Waals surface area (Å²) in [6.45, 7) is 1.14. The van der Waals surface area contributed by atoms with E-state index in [0.717, 1.165) is 42.5 Å². The van der Waals surface area contributed by atoms with Crippen molar-refractivity contribution in [1.29, 1.82) is 0 Å². The van der Waals surface area contributed by atoms with Gasteiger partial charge in [0, 0.05) is 24.5 Å². The average molecular weight is 379 g/mol. The van der Waals surface area contributed by atoms with E-state index in [2.05, 4.69) is 20.7 Å². The summed E-state index contributed by atoms with van der Waals surface area (Å²) in [5.74, 6) is -0.0971. The Bertz CT molecular complexity index is 1010. The predicted molar refractivity (Wildman–Crippen MR) is 101 cm³/mol. The van der Waals surface area contributed by atoms with E-state index >= 15 is 0 Å². The monoisotopic (exact) mass is 379 g/mol. The van der Waals surface area contributed by atoms with E-state index < -0.39 is 0 Å². The Hall–Kier alpha value is -3.16. The Morgan fingerprint density at radius 3 is 3.00 bits per heavy atom.